The van der Waals surface area contributed by atoms with E-state index in [0.29, 0.717) is 12.9 Å². The number of hydrogen-bond acceptors (Lipinski definition) is 4. The molecule has 0 fully saturated rings. The highest BCUT2D eigenvalue weighted by molar-refractivity contribution is 9.10. The van der Waals surface area contributed by atoms with Crippen LogP contribution in [-0.2, 0) is 14.3 Å². The molecule has 1 aromatic rings. The molecule has 1 aliphatic heterocycles. The topological polar surface area (TPSA) is 52.6 Å². The minimum absolute atomic E-state index is 0.0186. The molecule has 1 atom stereocenters. The molecule has 4 nitrogen and oxygen atoms in total. The Labute approximate surface area is 107 Å². The van der Waals surface area contributed by atoms with Crippen LogP contribution in [0.3, 0.4) is 0 Å². The van der Waals surface area contributed by atoms with Crippen molar-refractivity contribution in [2.45, 2.75) is 12.3 Å². The van der Waals surface area contributed by atoms with Crippen molar-refractivity contribution in [3.63, 3.8) is 0 Å². The molecule has 5 heteroatoms. The fourth-order valence-corrected chi connectivity index (χ4v) is 2.28. The Hall–Kier alpha value is -1.36. The summed E-state index contributed by atoms with van der Waals surface area (Å²) >= 11 is 3.37. The van der Waals surface area contributed by atoms with E-state index in [-0.39, 0.29) is 24.9 Å². The third kappa shape index (κ3) is 2.66. The van der Waals surface area contributed by atoms with Crippen molar-refractivity contribution < 1.29 is 19.1 Å². The molecule has 90 valence electrons. The monoisotopic (exact) mass is 298 g/mol. The molecular weight excluding hydrogens is 288 g/mol. The molecule has 0 saturated carbocycles. The summed E-state index contributed by atoms with van der Waals surface area (Å²) in [5.74, 6) is 0.491. The van der Waals surface area contributed by atoms with Gasteiger partial charge < -0.3 is 9.47 Å². The number of ether oxygens (including phenoxy) is 2. The Morgan fingerprint density at radius 2 is 2.35 bits per heavy atom. The van der Waals surface area contributed by atoms with E-state index in [2.05, 4.69) is 20.7 Å². The zero-order chi connectivity index (χ0) is 12.3. The number of benzene rings is 1. The maximum Gasteiger partial charge on any atom is 0.293 e. The van der Waals surface area contributed by atoms with E-state index in [4.69, 9.17) is 4.74 Å². The Morgan fingerprint density at radius 3 is 3.12 bits per heavy atom. The average Bonchev–Trinajstić information content (AvgIpc) is 2.32. The predicted octanol–water partition coefficient (Wildman–Crippen LogP) is 2.06. The van der Waals surface area contributed by atoms with Crippen LogP contribution in [0.5, 0.6) is 5.75 Å². The van der Waals surface area contributed by atoms with E-state index in [1.54, 1.807) is 0 Å². The second kappa shape index (κ2) is 5.31. The Bertz CT molecular complexity index is 444. The fraction of sp³-hybridized carbons (Fsp3) is 0.333. The molecule has 1 heterocycles. The Balaban J connectivity index is 2.22. The van der Waals surface area contributed by atoms with Crippen LogP contribution in [0.4, 0.5) is 0 Å². The number of hydrogen-bond donors (Lipinski definition) is 0. The van der Waals surface area contributed by atoms with Crippen LogP contribution in [0.25, 0.3) is 0 Å². The molecule has 0 bridgehead atoms. The van der Waals surface area contributed by atoms with Gasteiger partial charge in [0.1, 0.15) is 12.4 Å². The lowest BCUT2D eigenvalue weighted by molar-refractivity contribution is -0.130. The minimum Gasteiger partial charge on any atom is -0.486 e. The van der Waals surface area contributed by atoms with E-state index in [1.165, 1.54) is 0 Å². The largest absolute Gasteiger partial charge is 0.486 e. The van der Waals surface area contributed by atoms with Gasteiger partial charge >= 0.3 is 0 Å². The van der Waals surface area contributed by atoms with E-state index >= 15 is 0 Å². The smallest absolute Gasteiger partial charge is 0.293 e. The molecule has 0 N–H and O–H groups in total. The van der Waals surface area contributed by atoms with Crippen LogP contribution < -0.4 is 4.74 Å². The first-order valence-corrected chi connectivity index (χ1v) is 6.02. The highest BCUT2D eigenvalue weighted by Gasteiger charge is 2.28. The lowest BCUT2D eigenvalue weighted by Crippen LogP contribution is -2.26. The van der Waals surface area contributed by atoms with Gasteiger partial charge in [0, 0.05) is 10.0 Å². The number of Topliss-reactive ketones (excluding diaryl/α,β-unsaturated/α-hetero) is 1. The van der Waals surface area contributed by atoms with Gasteiger partial charge in [-0.2, -0.15) is 0 Å². The summed E-state index contributed by atoms with van der Waals surface area (Å²) in [6.07, 6.45) is 0.490. The number of halogens is 1. The van der Waals surface area contributed by atoms with Crippen LogP contribution in [-0.4, -0.2) is 25.5 Å². The Kier molecular flexibility index (Phi) is 3.78. The fourth-order valence-electron chi connectivity index (χ4n) is 1.90. The summed E-state index contributed by atoms with van der Waals surface area (Å²) in [6, 6.07) is 5.57. The van der Waals surface area contributed by atoms with Crippen molar-refractivity contribution in [2.75, 3.05) is 13.2 Å². The second-order valence-electron chi connectivity index (χ2n) is 3.75. The van der Waals surface area contributed by atoms with Crippen molar-refractivity contribution in [2.24, 2.45) is 0 Å². The molecular formula is C12H11BrO4. The van der Waals surface area contributed by atoms with Gasteiger partial charge in [0.05, 0.1) is 12.5 Å². The van der Waals surface area contributed by atoms with Crippen molar-refractivity contribution in [3.8, 4) is 5.75 Å². The molecule has 1 unspecified atom stereocenters. The molecule has 1 aliphatic rings. The molecule has 0 aliphatic carbocycles. The van der Waals surface area contributed by atoms with Crippen molar-refractivity contribution in [3.05, 3.63) is 28.2 Å². The van der Waals surface area contributed by atoms with Gasteiger partial charge in [-0.3, -0.25) is 9.59 Å². The summed E-state index contributed by atoms with van der Waals surface area (Å²) in [5.41, 5.74) is 0.852. The third-order valence-electron chi connectivity index (χ3n) is 2.70. The molecule has 2 rings (SSSR count). The summed E-state index contributed by atoms with van der Waals surface area (Å²) in [7, 11) is 0. The zero-order valence-corrected chi connectivity index (χ0v) is 10.6. The maximum atomic E-state index is 11.8. The van der Waals surface area contributed by atoms with Gasteiger partial charge in [-0.05, 0) is 24.6 Å². The standard InChI is InChI=1S/C12H11BrO4/c13-8-1-2-12-10(5-8)9(3-4-16-7-14)11(15)6-17-12/h1-2,5,7,9H,3-4,6H2. The first-order valence-electron chi connectivity index (χ1n) is 5.22. The predicted molar refractivity (Wildman–Crippen MR) is 64.0 cm³/mol. The third-order valence-corrected chi connectivity index (χ3v) is 3.19. The summed E-state index contributed by atoms with van der Waals surface area (Å²) in [4.78, 5) is 21.9. The van der Waals surface area contributed by atoms with Gasteiger partial charge in [-0.1, -0.05) is 15.9 Å². The molecule has 0 spiro atoms. The number of carbonyl (C=O) groups is 2. The molecule has 0 radical (unpaired) electrons. The van der Waals surface area contributed by atoms with Crippen LogP contribution >= 0.6 is 15.9 Å². The van der Waals surface area contributed by atoms with Gasteiger partial charge in [-0.25, -0.2) is 0 Å². The Morgan fingerprint density at radius 1 is 1.53 bits per heavy atom. The molecule has 0 aromatic heterocycles. The van der Waals surface area contributed by atoms with E-state index < -0.39 is 0 Å². The molecule has 0 amide bonds. The number of rotatable bonds is 4. The summed E-state index contributed by atoms with van der Waals surface area (Å²) in [6.45, 7) is 0.720. The summed E-state index contributed by atoms with van der Waals surface area (Å²) < 4.78 is 10.9. The van der Waals surface area contributed by atoms with Gasteiger partial charge in [-0.15, -0.1) is 0 Å². The number of ketones is 1. The van der Waals surface area contributed by atoms with Crippen LogP contribution in [0, 0.1) is 0 Å². The minimum atomic E-state index is -0.254. The van der Waals surface area contributed by atoms with Gasteiger partial charge in [0.15, 0.2) is 5.78 Å². The first-order chi connectivity index (χ1) is 8.22. The van der Waals surface area contributed by atoms with Gasteiger partial charge in [0.25, 0.3) is 6.47 Å². The normalized spacial score (nSPS) is 18.2. The second-order valence-corrected chi connectivity index (χ2v) is 4.66. The average molecular weight is 299 g/mol. The van der Waals surface area contributed by atoms with E-state index in [9.17, 15) is 9.59 Å². The SMILES string of the molecule is O=COCCC1C(=O)COc2ccc(Br)cc21. The van der Waals surface area contributed by atoms with Crippen molar-refractivity contribution >= 4 is 28.2 Å². The molecule has 17 heavy (non-hydrogen) atoms. The quantitative estimate of drug-likeness (QED) is 0.631. The number of fused-ring (bicyclic) bond motifs is 1. The van der Waals surface area contributed by atoms with E-state index in [0.717, 1.165) is 15.8 Å². The van der Waals surface area contributed by atoms with Gasteiger partial charge in [0.2, 0.25) is 0 Å². The van der Waals surface area contributed by atoms with Crippen LogP contribution in [0.2, 0.25) is 0 Å². The zero-order valence-electron chi connectivity index (χ0n) is 9.02. The molecule has 1 aromatic carbocycles. The lowest BCUT2D eigenvalue weighted by Gasteiger charge is -2.24. The van der Waals surface area contributed by atoms with Crippen molar-refractivity contribution in [1.82, 2.24) is 0 Å². The van der Waals surface area contributed by atoms with Crippen LogP contribution in [0.1, 0.15) is 17.9 Å². The van der Waals surface area contributed by atoms with Crippen LogP contribution in [0.15, 0.2) is 22.7 Å². The maximum absolute atomic E-state index is 11.8. The molecule has 0 saturated heterocycles. The highest BCUT2D eigenvalue weighted by atomic mass is 79.9. The lowest BCUT2D eigenvalue weighted by atomic mass is 9.89. The first kappa shape index (κ1) is 12.1. The van der Waals surface area contributed by atoms with Crippen molar-refractivity contribution in [1.29, 1.82) is 0 Å². The highest BCUT2D eigenvalue weighted by Crippen LogP contribution is 2.35. The number of carbonyl (C=O) groups excluding carboxylic acids is 2. The van der Waals surface area contributed by atoms with E-state index in [1.807, 2.05) is 18.2 Å². The summed E-state index contributed by atoms with van der Waals surface area (Å²) in [5, 5.41) is 0.